The summed E-state index contributed by atoms with van der Waals surface area (Å²) in [7, 11) is 0. The maximum absolute atomic E-state index is 5.32. The van der Waals surface area contributed by atoms with Crippen LogP contribution < -0.4 is 10.5 Å². The van der Waals surface area contributed by atoms with Crippen molar-refractivity contribution in [3.63, 3.8) is 0 Å². The molecule has 0 saturated heterocycles. The Kier molecular flexibility index (Phi) is 3.00. The van der Waals surface area contributed by atoms with E-state index >= 15 is 0 Å². The van der Waals surface area contributed by atoms with E-state index in [1.807, 2.05) is 0 Å². The van der Waals surface area contributed by atoms with Crippen molar-refractivity contribution in [2.75, 3.05) is 6.61 Å². The third-order valence-electron chi connectivity index (χ3n) is 0.948. The SMILES string of the molecule is C=CCOc1nnc(CN)s1. The van der Waals surface area contributed by atoms with Gasteiger partial charge in [0.15, 0.2) is 0 Å². The molecule has 0 atom stereocenters. The molecule has 60 valence electrons. The van der Waals surface area contributed by atoms with Crippen molar-refractivity contribution in [1.82, 2.24) is 10.2 Å². The fraction of sp³-hybridized carbons (Fsp3) is 0.333. The van der Waals surface area contributed by atoms with Crippen LogP contribution in [0.15, 0.2) is 12.7 Å². The Morgan fingerprint density at radius 1 is 1.64 bits per heavy atom. The van der Waals surface area contributed by atoms with E-state index in [-0.39, 0.29) is 0 Å². The van der Waals surface area contributed by atoms with Gasteiger partial charge in [0.1, 0.15) is 11.6 Å². The first-order chi connectivity index (χ1) is 5.36. The van der Waals surface area contributed by atoms with Crippen LogP contribution in [0, 0.1) is 0 Å². The van der Waals surface area contributed by atoms with Gasteiger partial charge in [-0.25, -0.2) is 0 Å². The molecule has 0 unspecified atom stereocenters. The zero-order valence-corrected chi connectivity index (χ0v) is 6.80. The number of nitrogens with zero attached hydrogens (tertiary/aromatic N) is 2. The minimum absolute atomic E-state index is 0.412. The largest absolute Gasteiger partial charge is 0.465 e. The Morgan fingerprint density at radius 3 is 3.00 bits per heavy atom. The van der Waals surface area contributed by atoms with Crippen molar-refractivity contribution < 1.29 is 4.74 Å². The molecule has 2 N–H and O–H groups in total. The summed E-state index contributed by atoms with van der Waals surface area (Å²) in [6.07, 6.45) is 1.66. The molecule has 4 nitrogen and oxygen atoms in total. The molecule has 1 aromatic heterocycles. The molecule has 0 aliphatic heterocycles. The van der Waals surface area contributed by atoms with Crippen LogP contribution in [0.3, 0.4) is 0 Å². The predicted molar refractivity (Wildman–Crippen MR) is 43.5 cm³/mol. The monoisotopic (exact) mass is 171 g/mol. The first kappa shape index (κ1) is 8.16. The van der Waals surface area contributed by atoms with Gasteiger partial charge in [0.05, 0.1) is 0 Å². The maximum atomic E-state index is 5.32. The van der Waals surface area contributed by atoms with Gasteiger partial charge in [-0.1, -0.05) is 29.1 Å². The van der Waals surface area contributed by atoms with E-state index in [4.69, 9.17) is 10.5 Å². The van der Waals surface area contributed by atoms with Crippen LogP contribution in [0.2, 0.25) is 0 Å². The van der Waals surface area contributed by atoms with Crippen molar-refractivity contribution in [3.05, 3.63) is 17.7 Å². The Labute approximate surface area is 68.7 Å². The molecule has 0 radical (unpaired) electrons. The van der Waals surface area contributed by atoms with Gasteiger partial charge in [-0.2, -0.15) is 0 Å². The molecule has 0 fully saturated rings. The van der Waals surface area contributed by atoms with E-state index in [2.05, 4.69) is 16.8 Å². The lowest BCUT2D eigenvalue weighted by molar-refractivity contribution is 0.357. The van der Waals surface area contributed by atoms with Gasteiger partial charge in [0, 0.05) is 6.54 Å². The molecule has 5 heteroatoms. The molecule has 11 heavy (non-hydrogen) atoms. The first-order valence-corrected chi connectivity index (χ1v) is 3.94. The standard InChI is InChI=1S/C6H9N3OS/c1-2-3-10-6-9-8-5(4-7)11-6/h2H,1,3-4,7H2. The highest BCUT2D eigenvalue weighted by atomic mass is 32.1. The van der Waals surface area contributed by atoms with Gasteiger partial charge in [-0.3, -0.25) is 0 Å². The Morgan fingerprint density at radius 2 is 2.45 bits per heavy atom. The summed E-state index contributed by atoms with van der Waals surface area (Å²) in [5.41, 5.74) is 5.32. The van der Waals surface area contributed by atoms with Crippen molar-refractivity contribution in [2.24, 2.45) is 5.73 Å². The summed E-state index contributed by atoms with van der Waals surface area (Å²) in [5.74, 6) is 0. The Balaban J connectivity index is 2.50. The minimum atomic E-state index is 0.412. The molecule has 0 spiro atoms. The number of rotatable bonds is 4. The van der Waals surface area contributed by atoms with E-state index < -0.39 is 0 Å². The van der Waals surface area contributed by atoms with E-state index in [0.29, 0.717) is 18.3 Å². The third-order valence-corrected chi connectivity index (χ3v) is 1.81. The summed E-state index contributed by atoms with van der Waals surface area (Å²) in [4.78, 5) is 0. The molecule has 0 bridgehead atoms. The first-order valence-electron chi connectivity index (χ1n) is 3.13. The van der Waals surface area contributed by atoms with Crippen LogP contribution in [-0.2, 0) is 6.54 Å². The van der Waals surface area contributed by atoms with Gasteiger partial charge in [0.25, 0.3) is 5.19 Å². The molecule has 0 amide bonds. The Hall–Kier alpha value is -0.940. The smallest absolute Gasteiger partial charge is 0.294 e. The number of aromatic nitrogens is 2. The highest BCUT2D eigenvalue weighted by molar-refractivity contribution is 7.13. The lowest BCUT2D eigenvalue weighted by Crippen LogP contribution is -1.94. The molecule has 0 saturated carbocycles. The van der Waals surface area contributed by atoms with Crippen LogP contribution in [0.4, 0.5) is 0 Å². The minimum Gasteiger partial charge on any atom is -0.465 e. The molecule has 1 rings (SSSR count). The number of nitrogens with two attached hydrogens (primary N) is 1. The maximum Gasteiger partial charge on any atom is 0.294 e. The molecule has 0 aliphatic carbocycles. The van der Waals surface area contributed by atoms with Crippen LogP contribution in [0.1, 0.15) is 5.01 Å². The van der Waals surface area contributed by atoms with Gasteiger partial charge in [0.2, 0.25) is 0 Å². The average molecular weight is 171 g/mol. The van der Waals surface area contributed by atoms with Gasteiger partial charge >= 0.3 is 0 Å². The van der Waals surface area contributed by atoms with Crippen molar-refractivity contribution >= 4 is 11.3 Å². The average Bonchev–Trinajstić information content (AvgIpc) is 2.48. The van der Waals surface area contributed by atoms with Crippen LogP contribution in [0.5, 0.6) is 5.19 Å². The summed E-state index contributed by atoms with van der Waals surface area (Å²) < 4.78 is 5.11. The van der Waals surface area contributed by atoms with E-state index in [1.165, 1.54) is 11.3 Å². The highest BCUT2D eigenvalue weighted by Gasteiger charge is 2.00. The summed E-state index contributed by atoms with van der Waals surface area (Å²) >= 11 is 1.36. The molecular weight excluding hydrogens is 162 g/mol. The lowest BCUT2D eigenvalue weighted by Gasteiger charge is -1.92. The zero-order chi connectivity index (χ0) is 8.10. The number of hydrogen-bond donors (Lipinski definition) is 1. The fourth-order valence-corrected chi connectivity index (χ4v) is 1.08. The molecule has 1 heterocycles. The highest BCUT2D eigenvalue weighted by Crippen LogP contribution is 2.16. The Bertz CT molecular complexity index is 235. The fourth-order valence-electron chi connectivity index (χ4n) is 0.509. The summed E-state index contributed by atoms with van der Waals surface area (Å²) in [5, 5.41) is 8.84. The second-order valence-corrected chi connectivity index (χ2v) is 2.79. The molecule has 1 aromatic rings. The topological polar surface area (TPSA) is 61.0 Å². The second kappa shape index (κ2) is 4.05. The number of ether oxygens (including phenoxy) is 1. The number of hydrogen-bond acceptors (Lipinski definition) is 5. The van der Waals surface area contributed by atoms with Crippen LogP contribution in [-0.4, -0.2) is 16.8 Å². The lowest BCUT2D eigenvalue weighted by atomic mass is 10.7. The molecular formula is C6H9N3OS. The second-order valence-electron chi connectivity index (χ2n) is 1.77. The third kappa shape index (κ3) is 2.28. The van der Waals surface area contributed by atoms with Gasteiger partial charge < -0.3 is 10.5 Å². The zero-order valence-electron chi connectivity index (χ0n) is 5.99. The normalized spacial score (nSPS) is 9.55. The van der Waals surface area contributed by atoms with E-state index in [0.717, 1.165) is 5.01 Å². The van der Waals surface area contributed by atoms with Crippen LogP contribution in [0.25, 0.3) is 0 Å². The van der Waals surface area contributed by atoms with Crippen molar-refractivity contribution in [1.29, 1.82) is 0 Å². The van der Waals surface area contributed by atoms with Crippen LogP contribution >= 0.6 is 11.3 Å². The van der Waals surface area contributed by atoms with Crippen molar-refractivity contribution in [3.8, 4) is 5.19 Å². The summed E-state index contributed by atoms with van der Waals surface area (Å²) in [6, 6.07) is 0. The molecule has 0 aliphatic rings. The van der Waals surface area contributed by atoms with Crippen molar-refractivity contribution in [2.45, 2.75) is 6.54 Å². The summed E-state index contributed by atoms with van der Waals surface area (Å²) in [6.45, 7) is 4.38. The van der Waals surface area contributed by atoms with E-state index in [1.54, 1.807) is 6.08 Å². The quantitative estimate of drug-likeness (QED) is 0.672. The predicted octanol–water partition coefficient (Wildman–Crippen LogP) is 0.562. The van der Waals surface area contributed by atoms with E-state index in [9.17, 15) is 0 Å². The van der Waals surface area contributed by atoms with Gasteiger partial charge in [-0.15, -0.1) is 5.10 Å². The van der Waals surface area contributed by atoms with Gasteiger partial charge in [-0.05, 0) is 0 Å². The molecule has 0 aromatic carbocycles.